The lowest BCUT2D eigenvalue weighted by Crippen LogP contribution is -2.31. The number of rotatable bonds is 8. The highest BCUT2D eigenvalue weighted by atomic mass is 32.1. The van der Waals surface area contributed by atoms with Gasteiger partial charge in [-0.15, -0.1) is 22.7 Å². The summed E-state index contributed by atoms with van der Waals surface area (Å²) < 4.78 is 2.05. The van der Waals surface area contributed by atoms with Gasteiger partial charge in [0.1, 0.15) is 21.7 Å². The Kier molecular flexibility index (Phi) is 10.3. The summed E-state index contributed by atoms with van der Waals surface area (Å²) in [5.41, 5.74) is 12.8. The number of fused-ring (bicyclic) bond motifs is 2. The largest absolute Gasteiger partial charge is 0.341 e. The molecule has 0 saturated heterocycles. The number of hydrogen-bond donors (Lipinski definition) is 3. The number of thiazole rings is 2. The molecule has 0 spiro atoms. The first-order valence-electron chi connectivity index (χ1n) is 20.6. The molecule has 0 aliphatic carbocycles. The van der Waals surface area contributed by atoms with Gasteiger partial charge >= 0.3 is 0 Å². The van der Waals surface area contributed by atoms with Crippen LogP contribution in [0.4, 0.5) is 5.82 Å². The number of nitrogens with zero attached hydrogens (tertiary/aromatic N) is 3. The molecule has 9 aromatic rings. The van der Waals surface area contributed by atoms with Crippen LogP contribution < -0.4 is 10.6 Å². The number of aromatic amines is 1. The Morgan fingerprint density at radius 3 is 1.68 bits per heavy atom. The first kappa shape index (κ1) is 39.6. The quantitative estimate of drug-likeness (QED) is 0.141. The molecule has 8 nitrogen and oxygen atoms in total. The summed E-state index contributed by atoms with van der Waals surface area (Å²) >= 11 is 3.12. The number of benzene rings is 6. The second kappa shape index (κ2) is 16.4. The fourth-order valence-corrected chi connectivity index (χ4v) is 10.1. The molecule has 306 valence electrons. The van der Waals surface area contributed by atoms with Gasteiger partial charge in [0.15, 0.2) is 0 Å². The van der Waals surface area contributed by atoms with E-state index >= 15 is 0 Å². The van der Waals surface area contributed by atoms with Gasteiger partial charge in [-0.1, -0.05) is 120 Å². The van der Waals surface area contributed by atoms with E-state index in [-0.39, 0.29) is 11.8 Å². The maximum atomic E-state index is 14.3. The van der Waals surface area contributed by atoms with Gasteiger partial charge in [-0.05, 0) is 92.4 Å². The van der Waals surface area contributed by atoms with Crippen LogP contribution >= 0.6 is 22.7 Å². The third kappa shape index (κ3) is 7.60. The summed E-state index contributed by atoms with van der Waals surface area (Å²) in [5.74, 6) is 0.402. The van der Waals surface area contributed by atoms with Crippen molar-refractivity contribution >= 4 is 83.8 Å². The molecule has 10 rings (SSSR count). The lowest BCUT2D eigenvalue weighted by molar-refractivity contribution is 0.0975. The molecule has 1 aliphatic heterocycles. The number of anilines is 1. The number of hydrogen-bond acceptors (Lipinski definition) is 7. The van der Waals surface area contributed by atoms with Gasteiger partial charge in [0.05, 0.1) is 43.0 Å². The zero-order chi connectivity index (χ0) is 43.2. The van der Waals surface area contributed by atoms with Gasteiger partial charge in [0.25, 0.3) is 11.8 Å². The van der Waals surface area contributed by atoms with Gasteiger partial charge < -0.3 is 15.6 Å². The van der Waals surface area contributed by atoms with Gasteiger partial charge in [-0.3, -0.25) is 9.59 Å². The topological polar surface area (TPSA) is 112 Å². The average Bonchev–Trinajstić information content (AvgIpc) is 4.08. The van der Waals surface area contributed by atoms with Crippen LogP contribution in [0.3, 0.4) is 0 Å². The maximum Gasteiger partial charge on any atom is 0.257 e. The van der Waals surface area contributed by atoms with Gasteiger partial charge in [-0.2, -0.15) is 0 Å². The highest BCUT2D eigenvalue weighted by Gasteiger charge is 2.32. The zero-order valence-corrected chi connectivity index (χ0v) is 36.5. The van der Waals surface area contributed by atoms with Crippen molar-refractivity contribution in [3.8, 4) is 21.7 Å². The predicted molar refractivity (Wildman–Crippen MR) is 260 cm³/mol. The molecule has 0 saturated carbocycles. The minimum Gasteiger partial charge on any atom is -0.341 e. The molecule has 63 heavy (non-hydrogen) atoms. The van der Waals surface area contributed by atoms with E-state index in [0.717, 1.165) is 86.1 Å². The number of amides is 2. The number of aryl methyl sites for hydroxylation is 4. The lowest BCUT2D eigenvalue weighted by Gasteiger charge is -2.11. The minimum absolute atomic E-state index is 0.239. The molecule has 3 aromatic heterocycles. The number of para-hydroxylation sites is 2. The normalized spacial score (nSPS) is 13.3. The number of amidine groups is 1. The van der Waals surface area contributed by atoms with E-state index in [0.29, 0.717) is 34.2 Å². The van der Waals surface area contributed by atoms with E-state index in [4.69, 9.17) is 15.0 Å². The Balaban J connectivity index is 1.23. The Labute approximate surface area is 372 Å². The van der Waals surface area contributed by atoms with E-state index in [1.165, 1.54) is 0 Å². The van der Waals surface area contributed by atoms with Crippen LogP contribution in [0.1, 0.15) is 59.2 Å². The highest BCUT2D eigenvalue weighted by Crippen LogP contribution is 2.47. The number of allylic oxidation sites excluding steroid dienone is 1. The van der Waals surface area contributed by atoms with Crippen molar-refractivity contribution in [1.82, 2.24) is 20.3 Å². The summed E-state index contributed by atoms with van der Waals surface area (Å²) in [7, 11) is 0. The van der Waals surface area contributed by atoms with E-state index in [9.17, 15) is 9.59 Å². The van der Waals surface area contributed by atoms with Crippen molar-refractivity contribution in [3.63, 3.8) is 0 Å². The van der Waals surface area contributed by atoms with Gasteiger partial charge in [0.2, 0.25) is 0 Å². The van der Waals surface area contributed by atoms with Gasteiger partial charge in [0, 0.05) is 22.3 Å². The standard InChI is InChI=1S/C53H40N6O2S2/c1-30-23-25-32(3)36(27-30)50(60)58-48-46(52-56-38-19-11-13-21-42(38)62-52)44(34-15-7-5-8-16-34)40(54-48)29-41-45(35-17-9-6-10-18-35)47(53-57-39-20-12-14-22-43(39)63-53)49(55-41)59-51(61)37-28-31(2)24-26-33(37)4/h5-29,54H,1-4H3,(H,58,60)(H,55,59,61). The first-order chi connectivity index (χ1) is 30.7. The Hall–Kier alpha value is -7.53. The maximum absolute atomic E-state index is 14.3. The van der Waals surface area contributed by atoms with Crippen LogP contribution in [-0.2, 0) is 0 Å². The first-order valence-corrected chi connectivity index (χ1v) is 22.2. The number of carbonyl (C=O) groups is 2. The van der Waals surface area contributed by atoms with Crippen molar-refractivity contribution in [2.45, 2.75) is 27.7 Å². The molecule has 10 heteroatoms. The van der Waals surface area contributed by atoms with Crippen LogP contribution in [0.25, 0.3) is 59.4 Å². The Bertz CT molecular complexity index is 3310. The summed E-state index contributed by atoms with van der Waals surface area (Å²) in [5, 5.41) is 7.99. The van der Waals surface area contributed by atoms with Crippen molar-refractivity contribution in [2.75, 3.05) is 5.32 Å². The molecular weight excluding hydrogens is 817 g/mol. The fourth-order valence-electron chi connectivity index (χ4n) is 8.03. The van der Waals surface area contributed by atoms with Crippen LogP contribution in [-0.4, -0.2) is 32.6 Å². The molecule has 0 fully saturated rings. The summed E-state index contributed by atoms with van der Waals surface area (Å²) in [6.07, 6.45) is 2.01. The van der Waals surface area contributed by atoms with Crippen molar-refractivity contribution in [1.29, 1.82) is 0 Å². The summed E-state index contributed by atoms with van der Waals surface area (Å²) in [6, 6.07) is 48.0. The zero-order valence-electron chi connectivity index (χ0n) is 34.9. The SMILES string of the molecule is Cc1ccc(C)c(C(=O)NC2=NC(=Cc3[nH]c(NC(=O)c4cc(C)ccc4C)c(-c4nc5ccccc5s4)c3-c3ccccc3)C(c3ccccc3)=C2c2nc3ccccc3s2)c1. The molecule has 1 aliphatic rings. The minimum atomic E-state index is -0.262. The summed E-state index contributed by atoms with van der Waals surface area (Å²) in [6.45, 7) is 7.84. The second-order valence-electron chi connectivity index (χ2n) is 15.7. The number of nitrogens with one attached hydrogen (secondary N) is 3. The van der Waals surface area contributed by atoms with Crippen molar-refractivity contribution in [2.24, 2.45) is 4.99 Å². The van der Waals surface area contributed by atoms with Gasteiger partial charge in [-0.25, -0.2) is 15.0 Å². The molecule has 0 bridgehead atoms. The van der Waals surface area contributed by atoms with Crippen LogP contribution in [0.15, 0.2) is 156 Å². The van der Waals surface area contributed by atoms with E-state index < -0.39 is 0 Å². The molecule has 6 aromatic carbocycles. The monoisotopic (exact) mass is 856 g/mol. The van der Waals surface area contributed by atoms with Crippen molar-refractivity contribution in [3.05, 3.63) is 201 Å². The summed E-state index contributed by atoms with van der Waals surface area (Å²) in [4.78, 5) is 47.9. The molecule has 0 atom stereocenters. The number of carbonyl (C=O) groups excluding carboxylic acids is 2. The molecular formula is C53H40N6O2S2. The van der Waals surface area contributed by atoms with Crippen LogP contribution in [0.5, 0.6) is 0 Å². The van der Waals surface area contributed by atoms with Crippen molar-refractivity contribution < 1.29 is 9.59 Å². The predicted octanol–water partition coefficient (Wildman–Crippen LogP) is 12.8. The Morgan fingerprint density at radius 2 is 1.08 bits per heavy atom. The molecule has 0 radical (unpaired) electrons. The Morgan fingerprint density at radius 1 is 0.556 bits per heavy atom. The van der Waals surface area contributed by atoms with E-state index in [1.807, 2.05) is 143 Å². The van der Waals surface area contributed by atoms with Crippen LogP contribution in [0.2, 0.25) is 0 Å². The number of H-pyrrole nitrogens is 1. The number of aromatic nitrogens is 3. The average molecular weight is 857 g/mol. The third-order valence-corrected chi connectivity index (χ3v) is 13.3. The lowest BCUT2D eigenvalue weighted by atomic mass is 9.96. The molecule has 0 unspecified atom stereocenters. The smallest absolute Gasteiger partial charge is 0.257 e. The third-order valence-electron chi connectivity index (χ3n) is 11.2. The van der Waals surface area contributed by atoms with E-state index in [1.54, 1.807) is 22.7 Å². The van der Waals surface area contributed by atoms with E-state index in [2.05, 4.69) is 52.0 Å². The van der Waals surface area contributed by atoms with Crippen LogP contribution in [0, 0.1) is 27.7 Å². The molecule has 4 heterocycles. The highest BCUT2D eigenvalue weighted by molar-refractivity contribution is 7.21. The molecule has 3 N–H and O–H groups in total. The fraction of sp³-hybridized carbons (Fsp3) is 0.0755. The second-order valence-corrected chi connectivity index (χ2v) is 17.7. The molecule has 2 amide bonds. The number of aliphatic imine (C=N–C) groups is 1.